The molecule has 0 amide bonds. The summed E-state index contributed by atoms with van der Waals surface area (Å²) in [5.74, 6) is -1.43. The monoisotopic (exact) mass is 226 g/mol. The summed E-state index contributed by atoms with van der Waals surface area (Å²) in [5, 5.41) is 0. The number of ether oxygens (including phenoxy) is 1. The van der Waals surface area contributed by atoms with Crippen molar-refractivity contribution in [2.75, 3.05) is 7.11 Å². The van der Waals surface area contributed by atoms with Crippen LogP contribution in [0.1, 0.15) is 48.8 Å². The molecule has 1 rings (SSSR count). The summed E-state index contributed by atoms with van der Waals surface area (Å²) in [4.78, 5) is 18.7. The molecular formula is C11H15FN2O2. The maximum atomic E-state index is 13.9. The molecule has 0 aliphatic carbocycles. The van der Waals surface area contributed by atoms with Gasteiger partial charge in [-0.2, -0.15) is 0 Å². The molecule has 16 heavy (non-hydrogen) atoms. The Labute approximate surface area is 93.9 Å². The van der Waals surface area contributed by atoms with Crippen LogP contribution >= 0.6 is 0 Å². The van der Waals surface area contributed by atoms with E-state index in [0.717, 1.165) is 12.8 Å². The van der Waals surface area contributed by atoms with Crippen LogP contribution in [-0.2, 0) is 4.74 Å². The molecule has 0 spiro atoms. The van der Waals surface area contributed by atoms with Gasteiger partial charge in [0.1, 0.15) is 6.33 Å². The summed E-state index contributed by atoms with van der Waals surface area (Å²) in [5.41, 5.74) is -0.000185. The third kappa shape index (κ3) is 2.35. The lowest BCUT2D eigenvalue weighted by Gasteiger charge is -2.13. The van der Waals surface area contributed by atoms with Gasteiger partial charge in [-0.15, -0.1) is 0 Å². The van der Waals surface area contributed by atoms with E-state index in [1.54, 1.807) is 0 Å². The van der Waals surface area contributed by atoms with E-state index < -0.39 is 11.8 Å². The topological polar surface area (TPSA) is 52.1 Å². The number of rotatable bonds is 4. The van der Waals surface area contributed by atoms with Crippen LogP contribution in [0.15, 0.2) is 6.33 Å². The number of aromatic nitrogens is 2. The van der Waals surface area contributed by atoms with Gasteiger partial charge in [-0.25, -0.2) is 19.2 Å². The molecule has 0 radical (unpaired) electrons. The van der Waals surface area contributed by atoms with Crippen molar-refractivity contribution < 1.29 is 13.9 Å². The Balaban J connectivity index is 3.17. The molecule has 0 saturated heterocycles. The predicted octanol–water partition coefficient (Wildman–Crippen LogP) is 2.31. The second-order valence-electron chi connectivity index (χ2n) is 3.43. The summed E-state index contributed by atoms with van der Waals surface area (Å²) < 4.78 is 18.4. The second kappa shape index (κ2) is 5.53. The Hall–Kier alpha value is -1.52. The van der Waals surface area contributed by atoms with Crippen LogP contribution < -0.4 is 0 Å². The molecule has 1 aromatic heterocycles. The number of methoxy groups -OCH3 is 1. The normalized spacial score (nSPS) is 10.6. The van der Waals surface area contributed by atoms with Crippen LogP contribution in [0.25, 0.3) is 0 Å². The Kier molecular flexibility index (Phi) is 4.34. The average molecular weight is 226 g/mol. The van der Waals surface area contributed by atoms with Gasteiger partial charge in [-0.3, -0.25) is 0 Å². The Morgan fingerprint density at radius 3 is 2.56 bits per heavy atom. The fourth-order valence-corrected chi connectivity index (χ4v) is 1.58. The molecule has 1 aromatic rings. The highest BCUT2D eigenvalue weighted by atomic mass is 19.1. The van der Waals surface area contributed by atoms with Crippen molar-refractivity contribution in [1.82, 2.24) is 9.97 Å². The smallest absolute Gasteiger partial charge is 0.359 e. The molecule has 0 atom stereocenters. The Morgan fingerprint density at radius 1 is 1.44 bits per heavy atom. The molecule has 5 heteroatoms. The van der Waals surface area contributed by atoms with Crippen molar-refractivity contribution in [1.29, 1.82) is 0 Å². The molecule has 4 nitrogen and oxygen atoms in total. The number of carbonyl (C=O) groups excluding carboxylic acids is 1. The largest absolute Gasteiger partial charge is 0.464 e. The summed E-state index contributed by atoms with van der Waals surface area (Å²) in [6.45, 7) is 3.90. The number of carbonyl (C=O) groups is 1. The van der Waals surface area contributed by atoms with Crippen LogP contribution in [0.3, 0.4) is 0 Å². The fourth-order valence-electron chi connectivity index (χ4n) is 1.58. The standard InChI is InChI=1S/C11H15FN2O2/c1-4-7(5-2)9-8(12)10(11(15)16-3)14-6-13-9/h6-7H,4-5H2,1-3H3. The summed E-state index contributed by atoms with van der Waals surface area (Å²) in [6, 6.07) is 0. The van der Waals surface area contributed by atoms with Gasteiger partial charge in [0.15, 0.2) is 11.5 Å². The second-order valence-corrected chi connectivity index (χ2v) is 3.43. The zero-order valence-electron chi connectivity index (χ0n) is 9.66. The molecule has 0 aliphatic rings. The van der Waals surface area contributed by atoms with E-state index in [1.807, 2.05) is 13.8 Å². The molecule has 1 heterocycles. The quantitative estimate of drug-likeness (QED) is 0.739. The van der Waals surface area contributed by atoms with Gasteiger partial charge in [0.2, 0.25) is 0 Å². The minimum atomic E-state index is -0.771. The number of hydrogen-bond acceptors (Lipinski definition) is 4. The Morgan fingerprint density at radius 2 is 2.06 bits per heavy atom. The minimum Gasteiger partial charge on any atom is -0.464 e. The molecule has 0 unspecified atom stereocenters. The van der Waals surface area contributed by atoms with Crippen molar-refractivity contribution in [3.8, 4) is 0 Å². The van der Waals surface area contributed by atoms with Crippen LogP contribution in [0.2, 0.25) is 0 Å². The van der Waals surface area contributed by atoms with E-state index in [9.17, 15) is 9.18 Å². The highest BCUT2D eigenvalue weighted by Crippen LogP contribution is 2.24. The van der Waals surface area contributed by atoms with E-state index in [-0.39, 0.29) is 11.6 Å². The lowest BCUT2D eigenvalue weighted by atomic mass is 9.98. The van der Waals surface area contributed by atoms with Crippen LogP contribution in [0, 0.1) is 5.82 Å². The molecular weight excluding hydrogens is 211 g/mol. The lowest BCUT2D eigenvalue weighted by Crippen LogP contribution is -2.13. The van der Waals surface area contributed by atoms with Gasteiger partial charge in [0.25, 0.3) is 0 Å². The third-order valence-corrected chi connectivity index (χ3v) is 2.57. The number of esters is 1. The first-order valence-electron chi connectivity index (χ1n) is 5.24. The summed E-state index contributed by atoms with van der Waals surface area (Å²) >= 11 is 0. The summed E-state index contributed by atoms with van der Waals surface area (Å²) in [7, 11) is 1.20. The van der Waals surface area contributed by atoms with Crippen LogP contribution in [0.5, 0.6) is 0 Å². The zero-order valence-corrected chi connectivity index (χ0v) is 9.66. The first kappa shape index (κ1) is 12.5. The van der Waals surface area contributed by atoms with Crippen LogP contribution in [-0.4, -0.2) is 23.0 Å². The van der Waals surface area contributed by atoms with E-state index in [0.29, 0.717) is 5.69 Å². The van der Waals surface area contributed by atoms with Crippen molar-refractivity contribution in [3.63, 3.8) is 0 Å². The van der Waals surface area contributed by atoms with Gasteiger partial charge in [0, 0.05) is 5.92 Å². The van der Waals surface area contributed by atoms with Gasteiger partial charge in [0.05, 0.1) is 12.8 Å². The molecule has 0 N–H and O–H groups in total. The molecule has 0 bridgehead atoms. The van der Waals surface area contributed by atoms with Crippen molar-refractivity contribution in [2.24, 2.45) is 0 Å². The molecule has 0 aliphatic heterocycles. The van der Waals surface area contributed by atoms with Gasteiger partial charge < -0.3 is 4.74 Å². The fraction of sp³-hybridized carbons (Fsp3) is 0.545. The Bertz CT molecular complexity index is 378. The van der Waals surface area contributed by atoms with E-state index >= 15 is 0 Å². The van der Waals surface area contributed by atoms with Gasteiger partial charge in [-0.1, -0.05) is 13.8 Å². The van der Waals surface area contributed by atoms with Gasteiger partial charge >= 0.3 is 5.97 Å². The first-order chi connectivity index (χ1) is 7.65. The maximum Gasteiger partial charge on any atom is 0.359 e. The van der Waals surface area contributed by atoms with Crippen molar-refractivity contribution in [2.45, 2.75) is 32.6 Å². The SMILES string of the molecule is CCC(CC)c1ncnc(C(=O)OC)c1F. The van der Waals surface area contributed by atoms with Crippen molar-refractivity contribution >= 4 is 5.97 Å². The van der Waals surface area contributed by atoms with Crippen molar-refractivity contribution in [3.05, 3.63) is 23.5 Å². The zero-order chi connectivity index (χ0) is 12.1. The predicted molar refractivity (Wildman–Crippen MR) is 56.7 cm³/mol. The number of halogens is 1. The van der Waals surface area contributed by atoms with E-state index in [1.165, 1.54) is 13.4 Å². The highest BCUT2D eigenvalue weighted by molar-refractivity contribution is 5.87. The lowest BCUT2D eigenvalue weighted by molar-refractivity contribution is 0.0587. The number of nitrogens with zero attached hydrogens (tertiary/aromatic N) is 2. The van der Waals surface area contributed by atoms with E-state index in [4.69, 9.17) is 0 Å². The van der Waals surface area contributed by atoms with Crippen LogP contribution in [0.4, 0.5) is 4.39 Å². The molecule has 0 saturated carbocycles. The molecule has 0 fully saturated rings. The first-order valence-corrected chi connectivity index (χ1v) is 5.24. The van der Waals surface area contributed by atoms with Gasteiger partial charge in [-0.05, 0) is 12.8 Å². The van der Waals surface area contributed by atoms with E-state index in [2.05, 4.69) is 14.7 Å². The average Bonchev–Trinajstić information content (AvgIpc) is 2.32. The third-order valence-electron chi connectivity index (χ3n) is 2.57. The molecule has 88 valence electrons. The highest BCUT2D eigenvalue weighted by Gasteiger charge is 2.22. The summed E-state index contributed by atoms with van der Waals surface area (Å²) in [6.07, 6.45) is 2.74. The maximum absolute atomic E-state index is 13.9. The molecule has 0 aromatic carbocycles. The minimum absolute atomic E-state index is 0.00593. The number of hydrogen-bond donors (Lipinski definition) is 0.